The number of nitrogens with two attached hydrogens (primary N) is 1. The van der Waals surface area contributed by atoms with Gasteiger partial charge in [0, 0.05) is 38.3 Å². The largest absolute Gasteiger partial charge is 0.416 e. The van der Waals surface area contributed by atoms with E-state index in [-0.39, 0.29) is 35.9 Å². The Balaban J connectivity index is 0.00000280. The van der Waals surface area contributed by atoms with E-state index in [1.165, 1.54) is 12.1 Å². The van der Waals surface area contributed by atoms with Gasteiger partial charge in [-0.25, -0.2) is 0 Å². The van der Waals surface area contributed by atoms with Crippen LogP contribution in [0.4, 0.5) is 13.2 Å². The maximum atomic E-state index is 12.6. The fraction of sp³-hybridized carbons (Fsp3) is 0.556. The predicted octanol–water partition coefficient (Wildman–Crippen LogP) is 1.92. The van der Waals surface area contributed by atoms with E-state index in [1.807, 2.05) is 0 Å². The fourth-order valence-electron chi connectivity index (χ4n) is 3.38. The van der Waals surface area contributed by atoms with Gasteiger partial charge in [-0.15, -0.1) is 12.4 Å². The normalized spacial score (nSPS) is 22.7. The Morgan fingerprint density at radius 3 is 2.11 bits per heavy atom. The van der Waals surface area contributed by atoms with Gasteiger partial charge in [0.05, 0.1) is 11.7 Å². The molecule has 6 nitrogen and oxygen atoms in total. The lowest BCUT2D eigenvalue weighted by atomic mass is 10.1. The van der Waals surface area contributed by atoms with E-state index in [0.717, 1.165) is 18.6 Å². The first-order chi connectivity index (χ1) is 12.8. The molecule has 10 heteroatoms. The molecule has 3 rings (SSSR count). The number of nitrogens with zero attached hydrogens (tertiary/aromatic N) is 2. The maximum absolute atomic E-state index is 12.6. The molecular weight excluding hydrogens is 399 g/mol. The lowest BCUT2D eigenvalue weighted by Gasteiger charge is -2.36. The third kappa shape index (κ3) is 4.95. The Labute approximate surface area is 167 Å². The van der Waals surface area contributed by atoms with Crippen molar-refractivity contribution in [3.63, 3.8) is 0 Å². The molecule has 1 aromatic carbocycles. The molecule has 0 spiro atoms. The zero-order chi connectivity index (χ0) is 19.6. The molecule has 2 heterocycles. The van der Waals surface area contributed by atoms with Gasteiger partial charge in [0.15, 0.2) is 0 Å². The Morgan fingerprint density at radius 2 is 1.61 bits per heavy atom. The topological polar surface area (TPSA) is 75.9 Å². The first-order valence-electron chi connectivity index (χ1n) is 8.90. The number of carbonyl (C=O) groups excluding carboxylic acids is 2. The minimum atomic E-state index is -4.43. The number of hydrogen-bond donors (Lipinski definition) is 1. The quantitative estimate of drug-likeness (QED) is 0.809. The number of hydrogen-bond acceptors (Lipinski definition) is 4. The van der Waals surface area contributed by atoms with Crippen molar-refractivity contribution in [2.24, 2.45) is 5.73 Å². The van der Waals surface area contributed by atoms with Gasteiger partial charge < -0.3 is 20.3 Å². The van der Waals surface area contributed by atoms with Crippen LogP contribution in [0.15, 0.2) is 24.3 Å². The van der Waals surface area contributed by atoms with E-state index < -0.39 is 17.8 Å². The second kappa shape index (κ2) is 9.11. The highest BCUT2D eigenvalue weighted by molar-refractivity contribution is 5.94. The third-order valence-corrected chi connectivity index (χ3v) is 4.98. The van der Waals surface area contributed by atoms with Gasteiger partial charge in [-0.2, -0.15) is 13.2 Å². The van der Waals surface area contributed by atoms with Crippen LogP contribution >= 0.6 is 12.4 Å². The molecule has 1 aromatic rings. The van der Waals surface area contributed by atoms with E-state index in [9.17, 15) is 22.8 Å². The highest BCUT2D eigenvalue weighted by Gasteiger charge is 2.35. The summed E-state index contributed by atoms with van der Waals surface area (Å²) in [6.45, 7) is 1.80. The molecule has 0 bridgehead atoms. The van der Waals surface area contributed by atoms with Crippen LogP contribution in [0.1, 0.15) is 28.8 Å². The van der Waals surface area contributed by atoms with Crippen LogP contribution in [0.3, 0.4) is 0 Å². The molecule has 2 N–H and O–H groups in total. The Hall–Kier alpha value is -1.84. The number of benzene rings is 1. The van der Waals surface area contributed by atoms with Crippen LogP contribution in [0, 0.1) is 0 Å². The van der Waals surface area contributed by atoms with Crippen molar-refractivity contribution < 1.29 is 27.5 Å². The summed E-state index contributed by atoms with van der Waals surface area (Å²) < 4.78 is 43.5. The second-order valence-corrected chi connectivity index (χ2v) is 6.75. The molecule has 2 fully saturated rings. The van der Waals surface area contributed by atoms with Crippen LogP contribution in [-0.2, 0) is 15.7 Å². The van der Waals surface area contributed by atoms with Crippen LogP contribution in [0.25, 0.3) is 0 Å². The van der Waals surface area contributed by atoms with Gasteiger partial charge in [-0.3, -0.25) is 9.59 Å². The first-order valence-corrected chi connectivity index (χ1v) is 8.90. The molecule has 2 amide bonds. The SMILES string of the molecule is Cl.NC[C@H]1CC[C@@H](C(=O)N2CCN(C(=O)c3ccc(C(F)(F)F)cc3)CC2)O1. The smallest absolute Gasteiger partial charge is 0.364 e. The highest BCUT2D eigenvalue weighted by atomic mass is 35.5. The summed E-state index contributed by atoms with van der Waals surface area (Å²) >= 11 is 0. The minimum absolute atomic E-state index is 0. The van der Waals surface area contributed by atoms with E-state index in [4.69, 9.17) is 10.5 Å². The number of halogens is 4. The Morgan fingerprint density at radius 1 is 1.04 bits per heavy atom. The number of carbonyl (C=O) groups is 2. The molecule has 0 radical (unpaired) electrons. The predicted molar refractivity (Wildman–Crippen MR) is 98.1 cm³/mol. The molecular formula is C18H23ClF3N3O3. The molecule has 156 valence electrons. The zero-order valence-electron chi connectivity index (χ0n) is 15.2. The van der Waals surface area contributed by atoms with Crippen molar-refractivity contribution in [1.29, 1.82) is 0 Å². The number of rotatable bonds is 3. The van der Waals surface area contributed by atoms with Crippen LogP contribution in [0.2, 0.25) is 0 Å². The van der Waals surface area contributed by atoms with Gasteiger partial charge in [-0.05, 0) is 37.1 Å². The summed E-state index contributed by atoms with van der Waals surface area (Å²) in [6, 6.07) is 4.17. The summed E-state index contributed by atoms with van der Waals surface area (Å²) in [6.07, 6.45) is -3.58. The van der Waals surface area contributed by atoms with E-state index in [1.54, 1.807) is 9.80 Å². The van der Waals surface area contributed by atoms with Gasteiger partial charge in [0.2, 0.25) is 0 Å². The minimum Gasteiger partial charge on any atom is -0.364 e. The van der Waals surface area contributed by atoms with E-state index in [2.05, 4.69) is 0 Å². The summed E-state index contributed by atoms with van der Waals surface area (Å²) in [4.78, 5) is 28.2. The number of amides is 2. The highest BCUT2D eigenvalue weighted by Crippen LogP contribution is 2.29. The molecule has 2 aliphatic rings. The van der Waals surface area contributed by atoms with Crippen molar-refractivity contribution in [2.75, 3.05) is 32.7 Å². The van der Waals surface area contributed by atoms with Gasteiger partial charge in [0.1, 0.15) is 6.10 Å². The average molecular weight is 422 g/mol. The second-order valence-electron chi connectivity index (χ2n) is 6.75. The van der Waals surface area contributed by atoms with Crippen molar-refractivity contribution in [3.8, 4) is 0 Å². The fourth-order valence-corrected chi connectivity index (χ4v) is 3.38. The Kier molecular flexibility index (Phi) is 7.30. The Bertz CT molecular complexity index is 692. The molecule has 0 saturated carbocycles. The maximum Gasteiger partial charge on any atom is 0.416 e. The average Bonchev–Trinajstić information content (AvgIpc) is 3.15. The van der Waals surface area contributed by atoms with Crippen molar-refractivity contribution >= 4 is 24.2 Å². The van der Waals surface area contributed by atoms with Crippen molar-refractivity contribution in [1.82, 2.24) is 9.80 Å². The molecule has 2 atom stereocenters. The van der Waals surface area contributed by atoms with Crippen molar-refractivity contribution in [3.05, 3.63) is 35.4 Å². The molecule has 2 saturated heterocycles. The zero-order valence-corrected chi connectivity index (χ0v) is 16.0. The third-order valence-electron chi connectivity index (χ3n) is 4.98. The van der Waals surface area contributed by atoms with E-state index >= 15 is 0 Å². The van der Waals surface area contributed by atoms with Crippen LogP contribution in [0.5, 0.6) is 0 Å². The van der Waals surface area contributed by atoms with Gasteiger partial charge in [-0.1, -0.05) is 0 Å². The summed E-state index contributed by atoms with van der Waals surface area (Å²) in [5.74, 6) is -0.427. The molecule has 0 unspecified atom stereocenters. The molecule has 28 heavy (non-hydrogen) atoms. The number of alkyl halides is 3. The first kappa shape index (κ1) is 22.4. The van der Waals surface area contributed by atoms with Gasteiger partial charge >= 0.3 is 6.18 Å². The molecule has 2 aliphatic heterocycles. The van der Waals surface area contributed by atoms with Crippen LogP contribution in [-0.4, -0.2) is 66.5 Å². The summed E-state index contributed by atoms with van der Waals surface area (Å²) in [7, 11) is 0. The van der Waals surface area contributed by atoms with E-state index in [0.29, 0.717) is 39.1 Å². The summed E-state index contributed by atoms with van der Waals surface area (Å²) in [5, 5.41) is 0. The molecule has 0 aromatic heterocycles. The lowest BCUT2D eigenvalue weighted by Crippen LogP contribution is -2.53. The number of piperazine rings is 1. The van der Waals surface area contributed by atoms with Gasteiger partial charge in [0.25, 0.3) is 11.8 Å². The summed E-state index contributed by atoms with van der Waals surface area (Å²) in [5.41, 5.74) is 4.97. The number of ether oxygens (including phenoxy) is 1. The lowest BCUT2D eigenvalue weighted by molar-refractivity contribution is -0.144. The standard InChI is InChI=1S/C18H22F3N3O3.ClH/c19-18(20,21)13-3-1-12(2-4-13)16(25)23-7-9-24(10-8-23)17(26)15-6-5-14(11-22)27-15;/h1-4,14-15H,5-11,22H2;1H/t14-,15+;/m1./s1. The van der Waals surface area contributed by atoms with Crippen LogP contribution < -0.4 is 5.73 Å². The monoisotopic (exact) mass is 421 g/mol. The van der Waals surface area contributed by atoms with Crippen molar-refractivity contribution in [2.45, 2.75) is 31.2 Å². The molecule has 0 aliphatic carbocycles.